The van der Waals surface area contributed by atoms with Gasteiger partial charge in [-0.05, 0) is 26.7 Å². The zero-order valence-corrected chi connectivity index (χ0v) is 9.86. The number of carbonyl (C=O) groups is 1. The Morgan fingerprint density at radius 2 is 2.33 bits per heavy atom. The number of methoxy groups -OCH3 is 1. The first-order valence-corrected chi connectivity index (χ1v) is 5.56. The van der Waals surface area contributed by atoms with Crippen LogP contribution in [0.4, 0.5) is 0 Å². The van der Waals surface area contributed by atoms with Crippen LogP contribution in [-0.4, -0.2) is 49.8 Å². The molecule has 1 rings (SSSR count). The van der Waals surface area contributed by atoms with Gasteiger partial charge in [-0.1, -0.05) is 0 Å². The fraction of sp³-hybridized carbons (Fsp3) is 0.909. The van der Waals surface area contributed by atoms with Crippen molar-refractivity contribution in [2.45, 2.75) is 38.8 Å². The third kappa shape index (κ3) is 4.18. The summed E-state index contributed by atoms with van der Waals surface area (Å²) in [5, 5.41) is 0. The molecule has 1 aliphatic rings. The minimum absolute atomic E-state index is 0.179. The number of ether oxygens (including phenoxy) is 2. The van der Waals surface area contributed by atoms with Gasteiger partial charge in [0.15, 0.2) is 0 Å². The summed E-state index contributed by atoms with van der Waals surface area (Å²) in [7, 11) is 1.42. The Labute approximate surface area is 91.5 Å². The molecule has 1 unspecified atom stereocenters. The molecule has 1 aliphatic heterocycles. The molecule has 0 radical (unpaired) electrons. The number of nitrogens with zero attached hydrogens (tertiary/aromatic N) is 1. The fourth-order valence-electron chi connectivity index (χ4n) is 1.74. The predicted octanol–water partition coefficient (Wildman–Crippen LogP) is 1.05. The first kappa shape index (κ1) is 12.5. The Morgan fingerprint density at radius 1 is 1.60 bits per heavy atom. The molecule has 0 N–H and O–H groups in total. The van der Waals surface area contributed by atoms with Crippen molar-refractivity contribution in [2.75, 3.05) is 26.8 Å². The summed E-state index contributed by atoms with van der Waals surface area (Å²) >= 11 is 0. The lowest BCUT2D eigenvalue weighted by Crippen LogP contribution is -2.41. The summed E-state index contributed by atoms with van der Waals surface area (Å²) in [4.78, 5) is 13.3. The largest absolute Gasteiger partial charge is 0.468 e. The van der Waals surface area contributed by atoms with Gasteiger partial charge in [0.05, 0.1) is 19.8 Å². The van der Waals surface area contributed by atoms with Gasteiger partial charge in [-0.15, -0.1) is 0 Å². The molecular weight excluding hydrogens is 194 g/mol. The summed E-state index contributed by atoms with van der Waals surface area (Å²) in [6, 6.07) is 0.341. The molecule has 4 nitrogen and oxygen atoms in total. The van der Waals surface area contributed by atoms with Crippen molar-refractivity contribution in [2.24, 2.45) is 0 Å². The molecule has 0 saturated carbocycles. The molecule has 1 atom stereocenters. The maximum absolute atomic E-state index is 11.2. The van der Waals surface area contributed by atoms with E-state index in [1.165, 1.54) is 7.11 Å². The molecule has 0 bridgehead atoms. The minimum atomic E-state index is -0.179. The first-order valence-electron chi connectivity index (χ1n) is 5.56. The number of esters is 1. The van der Waals surface area contributed by atoms with Crippen LogP contribution in [0.3, 0.4) is 0 Å². The average Bonchev–Trinajstić information content (AvgIpc) is 2.69. The van der Waals surface area contributed by atoms with E-state index in [0.29, 0.717) is 12.6 Å². The average molecular weight is 215 g/mol. The number of rotatable bonds is 5. The third-order valence-corrected chi connectivity index (χ3v) is 2.75. The standard InChI is InChI=1S/C11H21NO3/c1-9(2)12(8-11(13)14-3)7-10-5-4-6-15-10/h9-10H,4-8H2,1-3H3. The van der Waals surface area contributed by atoms with Crippen molar-refractivity contribution in [1.29, 1.82) is 0 Å². The van der Waals surface area contributed by atoms with Crippen molar-refractivity contribution < 1.29 is 14.3 Å². The lowest BCUT2D eigenvalue weighted by atomic mass is 10.2. The molecule has 15 heavy (non-hydrogen) atoms. The summed E-state index contributed by atoms with van der Waals surface area (Å²) < 4.78 is 10.2. The monoisotopic (exact) mass is 215 g/mol. The normalized spacial score (nSPS) is 21.3. The molecule has 0 aromatic heterocycles. The molecule has 1 saturated heterocycles. The van der Waals surface area contributed by atoms with Gasteiger partial charge in [-0.3, -0.25) is 9.69 Å². The van der Waals surface area contributed by atoms with Crippen LogP contribution in [0, 0.1) is 0 Å². The SMILES string of the molecule is COC(=O)CN(CC1CCCO1)C(C)C. The van der Waals surface area contributed by atoms with Crippen molar-refractivity contribution in [3.8, 4) is 0 Å². The molecular formula is C11H21NO3. The van der Waals surface area contributed by atoms with Crippen LogP contribution >= 0.6 is 0 Å². The molecule has 0 amide bonds. The Bertz CT molecular complexity index is 200. The van der Waals surface area contributed by atoms with Crippen LogP contribution in [0.5, 0.6) is 0 Å². The Hall–Kier alpha value is -0.610. The van der Waals surface area contributed by atoms with Crippen LogP contribution in [0.25, 0.3) is 0 Å². The van der Waals surface area contributed by atoms with Gasteiger partial charge in [0.25, 0.3) is 0 Å². The number of hydrogen-bond acceptors (Lipinski definition) is 4. The van der Waals surface area contributed by atoms with Gasteiger partial charge < -0.3 is 9.47 Å². The molecule has 1 heterocycles. The lowest BCUT2D eigenvalue weighted by molar-refractivity contribution is -0.142. The van der Waals surface area contributed by atoms with E-state index < -0.39 is 0 Å². The Kier molecular flexibility index (Phi) is 5.05. The van der Waals surface area contributed by atoms with E-state index >= 15 is 0 Å². The Morgan fingerprint density at radius 3 is 2.80 bits per heavy atom. The van der Waals surface area contributed by atoms with E-state index in [9.17, 15) is 4.79 Å². The third-order valence-electron chi connectivity index (χ3n) is 2.75. The maximum Gasteiger partial charge on any atom is 0.319 e. The van der Waals surface area contributed by atoms with Gasteiger partial charge in [-0.2, -0.15) is 0 Å². The quantitative estimate of drug-likeness (QED) is 0.643. The molecule has 4 heteroatoms. The zero-order valence-electron chi connectivity index (χ0n) is 9.86. The van der Waals surface area contributed by atoms with E-state index in [2.05, 4.69) is 23.5 Å². The topological polar surface area (TPSA) is 38.8 Å². The molecule has 1 fully saturated rings. The smallest absolute Gasteiger partial charge is 0.319 e. The van der Waals surface area contributed by atoms with Crippen LogP contribution in [0.2, 0.25) is 0 Å². The second-order valence-electron chi connectivity index (χ2n) is 4.23. The van der Waals surface area contributed by atoms with Crippen LogP contribution < -0.4 is 0 Å². The van der Waals surface area contributed by atoms with Crippen molar-refractivity contribution in [1.82, 2.24) is 4.90 Å². The second-order valence-corrected chi connectivity index (χ2v) is 4.23. The molecule has 0 aromatic carbocycles. The highest BCUT2D eigenvalue weighted by atomic mass is 16.5. The molecule has 0 aliphatic carbocycles. The summed E-state index contributed by atoms with van der Waals surface area (Å²) in [5.41, 5.74) is 0. The summed E-state index contributed by atoms with van der Waals surface area (Å²) in [5.74, 6) is -0.179. The first-order chi connectivity index (χ1) is 7.13. The molecule has 88 valence electrons. The number of carbonyl (C=O) groups excluding carboxylic acids is 1. The highest BCUT2D eigenvalue weighted by molar-refractivity contribution is 5.71. The highest BCUT2D eigenvalue weighted by Crippen LogP contribution is 2.14. The van der Waals surface area contributed by atoms with Crippen LogP contribution in [0.1, 0.15) is 26.7 Å². The summed E-state index contributed by atoms with van der Waals surface area (Å²) in [6.45, 7) is 6.20. The van der Waals surface area contributed by atoms with Crippen LogP contribution in [-0.2, 0) is 14.3 Å². The van der Waals surface area contributed by atoms with E-state index in [1.807, 2.05) is 0 Å². The van der Waals surface area contributed by atoms with E-state index in [-0.39, 0.29) is 12.1 Å². The molecule has 0 aromatic rings. The van der Waals surface area contributed by atoms with Crippen molar-refractivity contribution in [3.05, 3.63) is 0 Å². The van der Waals surface area contributed by atoms with E-state index in [4.69, 9.17) is 4.74 Å². The van der Waals surface area contributed by atoms with Gasteiger partial charge in [-0.25, -0.2) is 0 Å². The number of hydrogen-bond donors (Lipinski definition) is 0. The fourth-order valence-corrected chi connectivity index (χ4v) is 1.74. The van der Waals surface area contributed by atoms with Crippen LogP contribution in [0.15, 0.2) is 0 Å². The summed E-state index contributed by atoms with van der Waals surface area (Å²) in [6.07, 6.45) is 2.52. The van der Waals surface area contributed by atoms with E-state index in [1.54, 1.807) is 0 Å². The van der Waals surface area contributed by atoms with Crippen molar-refractivity contribution >= 4 is 5.97 Å². The van der Waals surface area contributed by atoms with Gasteiger partial charge >= 0.3 is 5.97 Å². The van der Waals surface area contributed by atoms with Gasteiger partial charge in [0, 0.05) is 19.2 Å². The minimum Gasteiger partial charge on any atom is -0.468 e. The maximum atomic E-state index is 11.2. The van der Waals surface area contributed by atoms with Gasteiger partial charge in [0.1, 0.15) is 0 Å². The lowest BCUT2D eigenvalue weighted by Gasteiger charge is -2.27. The van der Waals surface area contributed by atoms with E-state index in [0.717, 1.165) is 26.0 Å². The van der Waals surface area contributed by atoms with Gasteiger partial charge in [0.2, 0.25) is 0 Å². The Balaban J connectivity index is 2.38. The zero-order chi connectivity index (χ0) is 11.3. The van der Waals surface area contributed by atoms with Crippen molar-refractivity contribution in [3.63, 3.8) is 0 Å². The second kappa shape index (κ2) is 6.08. The molecule has 0 spiro atoms. The predicted molar refractivity (Wildman–Crippen MR) is 57.7 cm³/mol. The highest BCUT2D eigenvalue weighted by Gasteiger charge is 2.22.